The lowest BCUT2D eigenvalue weighted by Crippen LogP contribution is -2.03. The van der Waals surface area contributed by atoms with E-state index in [1.165, 1.54) is 23.5 Å². The van der Waals surface area contributed by atoms with Gasteiger partial charge in [0.15, 0.2) is 0 Å². The van der Waals surface area contributed by atoms with Gasteiger partial charge >= 0.3 is 12.1 Å². The van der Waals surface area contributed by atoms with Crippen molar-refractivity contribution in [2.45, 2.75) is 50.1 Å². The average Bonchev–Trinajstić information content (AvgIpc) is 3.17. The third-order valence-corrected chi connectivity index (χ3v) is 7.49. The van der Waals surface area contributed by atoms with Crippen LogP contribution in [0.4, 0.5) is 13.2 Å². The Balaban J connectivity index is 1.78. The van der Waals surface area contributed by atoms with E-state index in [1.54, 1.807) is 17.8 Å². The molecule has 32 heavy (non-hydrogen) atoms. The Labute approximate surface area is 193 Å². The first-order valence-corrected chi connectivity index (χ1v) is 12.0. The summed E-state index contributed by atoms with van der Waals surface area (Å²) in [6.45, 7) is 6.23. The van der Waals surface area contributed by atoms with Crippen LogP contribution in [-0.2, 0) is 17.4 Å². The number of rotatable bonds is 8. The molecule has 0 aliphatic carbocycles. The number of hydrogen-bond donors (Lipinski definition) is 1. The van der Waals surface area contributed by atoms with Crippen molar-refractivity contribution in [2.24, 2.45) is 0 Å². The predicted molar refractivity (Wildman–Crippen MR) is 124 cm³/mol. The fourth-order valence-electron chi connectivity index (χ4n) is 3.25. The monoisotopic (exact) mass is 479 g/mol. The van der Waals surface area contributed by atoms with Crippen molar-refractivity contribution < 1.29 is 23.1 Å². The molecule has 3 aromatic rings. The van der Waals surface area contributed by atoms with E-state index in [0.717, 1.165) is 43.9 Å². The van der Waals surface area contributed by atoms with Crippen molar-refractivity contribution in [2.75, 3.05) is 5.75 Å². The summed E-state index contributed by atoms with van der Waals surface area (Å²) >= 11 is 3.18. The van der Waals surface area contributed by atoms with Crippen LogP contribution in [-0.4, -0.2) is 21.8 Å². The Kier molecular flexibility index (Phi) is 7.67. The molecule has 0 spiro atoms. The summed E-state index contributed by atoms with van der Waals surface area (Å²) in [6.07, 6.45) is -4.37. The second-order valence-corrected chi connectivity index (χ2v) is 10.1. The van der Waals surface area contributed by atoms with Crippen LogP contribution in [0.15, 0.2) is 53.4 Å². The summed E-state index contributed by atoms with van der Waals surface area (Å²) in [5.41, 5.74) is 1.74. The van der Waals surface area contributed by atoms with Gasteiger partial charge in [0.25, 0.3) is 0 Å². The molecule has 2 aromatic carbocycles. The number of benzene rings is 2. The van der Waals surface area contributed by atoms with Gasteiger partial charge in [0.2, 0.25) is 0 Å². The van der Waals surface area contributed by atoms with Crippen molar-refractivity contribution >= 4 is 29.1 Å². The fraction of sp³-hybridized carbons (Fsp3) is 0.333. The number of carboxylic acids is 1. The minimum atomic E-state index is -4.36. The summed E-state index contributed by atoms with van der Waals surface area (Å²) in [5, 5.41) is 9.71. The van der Waals surface area contributed by atoms with Gasteiger partial charge in [-0.1, -0.05) is 45.0 Å². The summed E-state index contributed by atoms with van der Waals surface area (Å²) < 4.78 is 38.6. The Hall–Kier alpha value is -2.32. The van der Waals surface area contributed by atoms with Crippen molar-refractivity contribution in [1.29, 1.82) is 0 Å². The van der Waals surface area contributed by atoms with Crippen molar-refractivity contribution in [1.82, 2.24) is 4.98 Å². The van der Waals surface area contributed by atoms with E-state index in [0.29, 0.717) is 5.56 Å². The molecule has 0 radical (unpaired) electrons. The number of carbonyl (C=O) groups is 1. The molecular formula is C24H24F3NO2S2. The van der Waals surface area contributed by atoms with E-state index in [-0.39, 0.29) is 18.3 Å². The van der Waals surface area contributed by atoms with Gasteiger partial charge in [0.05, 0.1) is 17.7 Å². The molecule has 1 unspecified atom stereocenters. The number of alkyl halides is 3. The maximum atomic E-state index is 12.9. The SMILES string of the molecule is CC(C)c1nc(-c2ccc(C(F)(F)F)cc2)sc1C(C)CSc1cccc(CC(=O)O)c1. The fourth-order valence-corrected chi connectivity index (χ4v) is 5.65. The number of aliphatic carboxylic acids is 1. The highest BCUT2D eigenvalue weighted by Crippen LogP contribution is 2.39. The van der Waals surface area contributed by atoms with Gasteiger partial charge in [0, 0.05) is 27.0 Å². The number of thiazole rings is 1. The molecule has 1 N–H and O–H groups in total. The number of thioether (sulfide) groups is 1. The first-order chi connectivity index (χ1) is 15.0. The topological polar surface area (TPSA) is 50.2 Å². The Morgan fingerprint density at radius 1 is 1.12 bits per heavy atom. The largest absolute Gasteiger partial charge is 0.481 e. The van der Waals surface area contributed by atoms with Gasteiger partial charge in [-0.25, -0.2) is 4.98 Å². The van der Waals surface area contributed by atoms with E-state index in [4.69, 9.17) is 10.1 Å². The zero-order valence-electron chi connectivity index (χ0n) is 17.9. The molecule has 0 amide bonds. The molecule has 8 heteroatoms. The van der Waals surface area contributed by atoms with Gasteiger partial charge in [-0.05, 0) is 35.7 Å². The second-order valence-electron chi connectivity index (χ2n) is 7.93. The van der Waals surface area contributed by atoms with Crippen LogP contribution in [0.25, 0.3) is 10.6 Å². The molecule has 3 nitrogen and oxygen atoms in total. The first-order valence-electron chi connectivity index (χ1n) is 10.2. The van der Waals surface area contributed by atoms with Crippen LogP contribution in [0.5, 0.6) is 0 Å². The summed E-state index contributed by atoms with van der Waals surface area (Å²) in [7, 11) is 0. The molecule has 1 aromatic heterocycles. The molecule has 0 bridgehead atoms. The van der Waals surface area contributed by atoms with Crippen LogP contribution in [0.2, 0.25) is 0 Å². The Morgan fingerprint density at radius 2 is 1.81 bits per heavy atom. The van der Waals surface area contributed by atoms with Gasteiger partial charge in [-0.15, -0.1) is 23.1 Å². The van der Waals surface area contributed by atoms with Crippen LogP contribution in [0.1, 0.15) is 54.3 Å². The van der Waals surface area contributed by atoms with Gasteiger partial charge in [-0.2, -0.15) is 13.2 Å². The highest BCUT2D eigenvalue weighted by Gasteiger charge is 2.30. The van der Waals surface area contributed by atoms with Crippen molar-refractivity contribution in [3.05, 3.63) is 70.2 Å². The van der Waals surface area contributed by atoms with E-state index in [1.807, 2.05) is 18.2 Å². The minimum Gasteiger partial charge on any atom is -0.481 e. The molecule has 0 aliphatic heterocycles. The van der Waals surface area contributed by atoms with Gasteiger partial charge in [-0.3, -0.25) is 4.79 Å². The lowest BCUT2D eigenvalue weighted by Gasteiger charge is -2.13. The molecule has 1 atom stereocenters. The minimum absolute atomic E-state index is 0.00716. The smallest absolute Gasteiger partial charge is 0.416 e. The Morgan fingerprint density at radius 3 is 2.41 bits per heavy atom. The van der Waals surface area contributed by atoms with Crippen molar-refractivity contribution in [3.8, 4) is 10.6 Å². The quantitative estimate of drug-likeness (QED) is 0.340. The number of nitrogens with zero attached hydrogens (tertiary/aromatic N) is 1. The molecule has 0 saturated heterocycles. The zero-order valence-corrected chi connectivity index (χ0v) is 19.6. The maximum absolute atomic E-state index is 12.9. The second kappa shape index (κ2) is 10.1. The number of carboxylic acid groups (broad SMARTS) is 1. The molecule has 1 heterocycles. The van der Waals surface area contributed by atoms with Crippen LogP contribution >= 0.6 is 23.1 Å². The van der Waals surface area contributed by atoms with Crippen LogP contribution in [0.3, 0.4) is 0 Å². The normalized spacial score (nSPS) is 12.8. The number of halogens is 3. The van der Waals surface area contributed by atoms with Crippen LogP contribution in [0, 0.1) is 0 Å². The molecule has 0 fully saturated rings. The summed E-state index contributed by atoms with van der Waals surface area (Å²) in [6, 6.07) is 12.7. The van der Waals surface area contributed by atoms with Crippen molar-refractivity contribution in [3.63, 3.8) is 0 Å². The molecule has 0 saturated carbocycles. The van der Waals surface area contributed by atoms with Crippen LogP contribution < -0.4 is 0 Å². The molecular weight excluding hydrogens is 455 g/mol. The number of hydrogen-bond acceptors (Lipinski definition) is 4. The Bertz CT molecular complexity index is 1080. The highest BCUT2D eigenvalue weighted by molar-refractivity contribution is 7.99. The van der Waals surface area contributed by atoms with E-state index in [2.05, 4.69) is 20.8 Å². The summed E-state index contributed by atoms with van der Waals surface area (Å²) in [4.78, 5) is 17.8. The highest BCUT2D eigenvalue weighted by atomic mass is 32.2. The van der Waals surface area contributed by atoms with E-state index < -0.39 is 17.7 Å². The molecule has 3 rings (SSSR count). The lowest BCUT2D eigenvalue weighted by molar-refractivity contribution is -0.138. The average molecular weight is 480 g/mol. The zero-order chi connectivity index (χ0) is 23.5. The number of aromatic nitrogens is 1. The third kappa shape index (κ3) is 6.13. The van der Waals surface area contributed by atoms with Gasteiger partial charge in [0.1, 0.15) is 5.01 Å². The third-order valence-electron chi connectivity index (χ3n) is 4.89. The predicted octanol–water partition coefficient (Wildman–Crippen LogP) is 7.48. The summed E-state index contributed by atoms with van der Waals surface area (Å²) in [5.74, 6) is 0.296. The molecule has 0 aliphatic rings. The standard InChI is InChI=1S/C24H24F3NO2S2/c1-14(2)21-22(15(3)13-31-19-6-4-5-16(11-19)12-20(29)30)32-23(28-21)17-7-9-18(10-8-17)24(25,26)27/h4-11,14-15H,12-13H2,1-3H3,(H,29,30). The maximum Gasteiger partial charge on any atom is 0.416 e. The first kappa shape index (κ1) is 24.3. The van der Waals surface area contributed by atoms with Gasteiger partial charge < -0.3 is 5.11 Å². The van der Waals surface area contributed by atoms with E-state index >= 15 is 0 Å². The molecule has 170 valence electrons. The lowest BCUT2D eigenvalue weighted by atomic mass is 10.0. The van der Waals surface area contributed by atoms with E-state index in [9.17, 15) is 18.0 Å².